The van der Waals surface area contributed by atoms with E-state index in [1.54, 1.807) is 0 Å². The van der Waals surface area contributed by atoms with Crippen molar-refractivity contribution in [3.8, 4) is 0 Å². The summed E-state index contributed by atoms with van der Waals surface area (Å²) < 4.78 is 2.31. The summed E-state index contributed by atoms with van der Waals surface area (Å²) in [5.74, 6) is 0. The van der Waals surface area contributed by atoms with Crippen molar-refractivity contribution in [1.82, 2.24) is 14.9 Å². The normalized spacial score (nSPS) is 23.6. The fourth-order valence-corrected chi connectivity index (χ4v) is 3.56. The maximum absolute atomic E-state index is 4.35. The molecule has 3 rings (SSSR count). The lowest BCUT2D eigenvalue weighted by Gasteiger charge is -2.29. The molecule has 1 N–H and O–H groups in total. The van der Waals surface area contributed by atoms with Crippen LogP contribution in [-0.2, 0) is 13.0 Å². The lowest BCUT2D eigenvalue weighted by atomic mass is 9.97. The van der Waals surface area contributed by atoms with Crippen molar-refractivity contribution in [2.75, 3.05) is 0 Å². The molecule has 0 bridgehead atoms. The molecule has 0 amide bonds. The van der Waals surface area contributed by atoms with Crippen LogP contribution < -0.4 is 5.32 Å². The quantitative estimate of drug-likeness (QED) is 0.927. The number of aromatic nitrogens is 2. The van der Waals surface area contributed by atoms with Crippen LogP contribution >= 0.6 is 11.3 Å². The van der Waals surface area contributed by atoms with Gasteiger partial charge < -0.3 is 9.88 Å². The number of rotatable bonds is 4. The van der Waals surface area contributed by atoms with Gasteiger partial charge in [-0.15, -0.1) is 11.3 Å². The topological polar surface area (TPSA) is 29.9 Å². The van der Waals surface area contributed by atoms with E-state index in [0.29, 0.717) is 12.1 Å². The summed E-state index contributed by atoms with van der Waals surface area (Å²) >= 11 is 1.84. The second kappa shape index (κ2) is 5.88. The predicted octanol–water partition coefficient (Wildman–Crippen LogP) is 3.39. The van der Waals surface area contributed by atoms with Gasteiger partial charge >= 0.3 is 0 Å². The van der Waals surface area contributed by atoms with E-state index < -0.39 is 0 Å². The van der Waals surface area contributed by atoms with Crippen LogP contribution in [-0.4, -0.2) is 15.6 Å². The number of hydrogen-bond acceptors (Lipinski definition) is 3. The van der Waals surface area contributed by atoms with Crippen molar-refractivity contribution in [1.29, 1.82) is 0 Å². The molecule has 2 unspecified atom stereocenters. The van der Waals surface area contributed by atoms with Crippen molar-refractivity contribution < 1.29 is 0 Å². The molecule has 4 heteroatoms. The molecule has 3 heterocycles. The molecule has 0 spiro atoms. The SMILES string of the molecule is CC1CCCC(c2cncn2CCc2cccs2)N1. The first-order valence-electron chi connectivity index (χ1n) is 7.11. The monoisotopic (exact) mass is 275 g/mol. The van der Waals surface area contributed by atoms with Gasteiger partial charge in [-0.25, -0.2) is 4.98 Å². The Morgan fingerprint density at radius 2 is 2.42 bits per heavy atom. The van der Waals surface area contributed by atoms with Gasteiger partial charge in [0.2, 0.25) is 0 Å². The number of thiophene rings is 1. The zero-order valence-corrected chi connectivity index (χ0v) is 12.2. The van der Waals surface area contributed by atoms with E-state index in [4.69, 9.17) is 0 Å². The third-order valence-electron chi connectivity index (χ3n) is 3.90. The number of nitrogens with zero attached hydrogens (tertiary/aromatic N) is 2. The third kappa shape index (κ3) is 3.07. The summed E-state index contributed by atoms with van der Waals surface area (Å²) in [5, 5.41) is 5.84. The van der Waals surface area contributed by atoms with Gasteiger partial charge in [-0.2, -0.15) is 0 Å². The lowest BCUT2D eigenvalue weighted by Crippen LogP contribution is -2.35. The average Bonchev–Trinajstić information content (AvgIpc) is 3.08. The Balaban J connectivity index is 1.67. The van der Waals surface area contributed by atoms with Gasteiger partial charge in [0.15, 0.2) is 0 Å². The molecule has 1 fully saturated rings. The molecule has 1 saturated heterocycles. The molecule has 2 aromatic heterocycles. The van der Waals surface area contributed by atoms with Crippen molar-refractivity contribution in [3.63, 3.8) is 0 Å². The van der Waals surface area contributed by atoms with Crippen LogP contribution in [0, 0.1) is 0 Å². The molecule has 1 aliphatic heterocycles. The number of hydrogen-bond donors (Lipinski definition) is 1. The number of imidazole rings is 1. The molecule has 0 aromatic carbocycles. The maximum Gasteiger partial charge on any atom is 0.0948 e. The Morgan fingerprint density at radius 1 is 1.47 bits per heavy atom. The summed E-state index contributed by atoms with van der Waals surface area (Å²) in [5.41, 5.74) is 1.35. The minimum Gasteiger partial charge on any atom is -0.333 e. The van der Waals surface area contributed by atoms with Gasteiger partial charge in [-0.3, -0.25) is 0 Å². The van der Waals surface area contributed by atoms with Gasteiger partial charge in [-0.1, -0.05) is 6.07 Å². The Kier molecular flexibility index (Phi) is 3.99. The first kappa shape index (κ1) is 12.9. The molecule has 1 aliphatic rings. The van der Waals surface area contributed by atoms with Crippen molar-refractivity contribution in [2.45, 2.75) is 51.2 Å². The van der Waals surface area contributed by atoms with Crippen LogP contribution in [0.15, 0.2) is 30.0 Å². The number of aryl methyl sites for hydroxylation is 2. The van der Waals surface area contributed by atoms with Gasteiger partial charge in [0.25, 0.3) is 0 Å². The second-order valence-electron chi connectivity index (χ2n) is 5.39. The molecular formula is C15H21N3S. The van der Waals surface area contributed by atoms with Crippen LogP contribution in [0.5, 0.6) is 0 Å². The smallest absolute Gasteiger partial charge is 0.0948 e. The summed E-state index contributed by atoms with van der Waals surface area (Å²) in [4.78, 5) is 5.80. The lowest BCUT2D eigenvalue weighted by molar-refractivity contribution is 0.329. The Labute approximate surface area is 118 Å². The highest BCUT2D eigenvalue weighted by atomic mass is 32.1. The fourth-order valence-electron chi connectivity index (χ4n) is 2.86. The molecule has 0 saturated carbocycles. The largest absolute Gasteiger partial charge is 0.333 e. The molecule has 3 nitrogen and oxygen atoms in total. The third-order valence-corrected chi connectivity index (χ3v) is 4.83. The van der Waals surface area contributed by atoms with Crippen LogP contribution in [0.3, 0.4) is 0 Å². The second-order valence-corrected chi connectivity index (χ2v) is 6.42. The first-order valence-corrected chi connectivity index (χ1v) is 7.99. The van der Waals surface area contributed by atoms with E-state index in [2.05, 4.69) is 39.3 Å². The minimum absolute atomic E-state index is 0.481. The molecule has 0 aliphatic carbocycles. The van der Waals surface area contributed by atoms with Crippen LogP contribution in [0.2, 0.25) is 0 Å². The van der Waals surface area contributed by atoms with Gasteiger partial charge in [-0.05, 0) is 44.1 Å². The predicted molar refractivity (Wildman–Crippen MR) is 79.4 cm³/mol. The van der Waals surface area contributed by atoms with Crippen LogP contribution in [0.25, 0.3) is 0 Å². The minimum atomic E-state index is 0.481. The zero-order chi connectivity index (χ0) is 13.1. The molecule has 0 radical (unpaired) electrons. The van der Waals surface area contributed by atoms with Crippen molar-refractivity contribution in [3.05, 3.63) is 40.6 Å². The Morgan fingerprint density at radius 3 is 3.21 bits per heavy atom. The van der Waals surface area contributed by atoms with Gasteiger partial charge in [0, 0.05) is 29.7 Å². The van der Waals surface area contributed by atoms with Crippen molar-refractivity contribution >= 4 is 11.3 Å². The molecular weight excluding hydrogens is 254 g/mol. The van der Waals surface area contributed by atoms with E-state index in [1.165, 1.54) is 29.8 Å². The highest BCUT2D eigenvalue weighted by Crippen LogP contribution is 2.25. The average molecular weight is 275 g/mol. The summed E-state index contributed by atoms with van der Waals surface area (Å²) in [6.07, 6.45) is 8.95. The fraction of sp³-hybridized carbons (Fsp3) is 0.533. The molecule has 2 aromatic rings. The molecule has 19 heavy (non-hydrogen) atoms. The van der Waals surface area contributed by atoms with Crippen LogP contribution in [0.1, 0.15) is 42.8 Å². The highest BCUT2D eigenvalue weighted by molar-refractivity contribution is 7.09. The summed E-state index contributed by atoms with van der Waals surface area (Å²) in [6, 6.07) is 5.44. The van der Waals surface area contributed by atoms with Crippen LogP contribution in [0.4, 0.5) is 0 Å². The van der Waals surface area contributed by atoms with E-state index in [0.717, 1.165) is 13.0 Å². The van der Waals surface area contributed by atoms with Gasteiger partial charge in [0.1, 0.15) is 0 Å². The number of nitrogens with one attached hydrogen (secondary N) is 1. The highest BCUT2D eigenvalue weighted by Gasteiger charge is 2.21. The first-order chi connectivity index (χ1) is 9.33. The Bertz CT molecular complexity index is 503. The summed E-state index contributed by atoms with van der Waals surface area (Å²) in [6.45, 7) is 3.31. The van der Waals surface area contributed by atoms with E-state index in [9.17, 15) is 0 Å². The Hall–Kier alpha value is -1.13. The van der Waals surface area contributed by atoms with E-state index >= 15 is 0 Å². The molecule has 2 atom stereocenters. The standard InChI is InChI=1S/C15H21N3S/c1-12-4-2-6-14(17-12)15-10-16-11-18(15)8-7-13-5-3-9-19-13/h3,5,9-12,14,17H,2,4,6-8H2,1H3. The van der Waals surface area contributed by atoms with E-state index in [-0.39, 0.29) is 0 Å². The van der Waals surface area contributed by atoms with Crippen molar-refractivity contribution in [2.24, 2.45) is 0 Å². The van der Waals surface area contributed by atoms with E-state index in [1.807, 2.05) is 23.9 Å². The maximum atomic E-state index is 4.35. The van der Waals surface area contributed by atoms with Gasteiger partial charge in [0.05, 0.1) is 12.0 Å². The molecule has 102 valence electrons. The number of piperidine rings is 1. The summed E-state index contributed by atoms with van der Waals surface area (Å²) in [7, 11) is 0. The zero-order valence-electron chi connectivity index (χ0n) is 11.4.